The van der Waals surface area contributed by atoms with E-state index in [1.54, 1.807) is 0 Å². The summed E-state index contributed by atoms with van der Waals surface area (Å²) in [5, 5.41) is 0. The first kappa shape index (κ1) is 11.6. The summed E-state index contributed by atoms with van der Waals surface area (Å²) in [6, 6.07) is 6.33. The second-order valence-electron chi connectivity index (χ2n) is 3.43. The Labute approximate surface area is 94.6 Å². The van der Waals surface area contributed by atoms with Gasteiger partial charge in [0.15, 0.2) is 0 Å². The number of halogens is 1. The minimum atomic E-state index is 0.613. The van der Waals surface area contributed by atoms with Crippen LogP contribution < -0.4 is 4.74 Å². The van der Waals surface area contributed by atoms with E-state index < -0.39 is 0 Å². The van der Waals surface area contributed by atoms with E-state index in [1.807, 2.05) is 13.0 Å². The van der Waals surface area contributed by atoms with Gasteiger partial charge in [0.25, 0.3) is 0 Å². The molecule has 1 unspecified atom stereocenters. The first-order chi connectivity index (χ1) is 6.69. The van der Waals surface area contributed by atoms with E-state index in [-0.39, 0.29) is 0 Å². The van der Waals surface area contributed by atoms with E-state index in [2.05, 4.69) is 41.9 Å². The van der Waals surface area contributed by atoms with Crippen molar-refractivity contribution in [2.24, 2.45) is 0 Å². The summed E-state index contributed by atoms with van der Waals surface area (Å²) in [6.07, 6.45) is 1.17. The van der Waals surface area contributed by atoms with Crippen molar-refractivity contribution in [3.8, 4) is 5.75 Å². The van der Waals surface area contributed by atoms with Crippen molar-refractivity contribution in [3.63, 3.8) is 0 Å². The van der Waals surface area contributed by atoms with Gasteiger partial charge in [0.1, 0.15) is 5.75 Å². The van der Waals surface area contributed by atoms with Crippen molar-refractivity contribution in [2.75, 3.05) is 6.61 Å². The van der Waals surface area contributed by atoms with Gasteiger partial charge in [-0.1, -0.05) is 19.9 Å². The van der Waals surface area contributed by atoms with Crippen molar-refractivity contribution < 1.29 is 4.74 Å². The average Bonchev–Trinajstić information content (AvgIpc) is 2.20. The molecule has 0 aliphatic heterocycles. The standard InChI is InChI=1S/C12H17BrO/c1-4-9(3)10-6-7-12(14-5-2)11(13)8-10/h6-9H,4-5H2,1-3H3. The molecule has 1 aromatic rings. The van der Waals surface area contributed by atoms with Crippen LogP contribution in [0.2, 0.25) is 0 Å². The van der Waals surface area contributed by atoms with Crippen LogP contribution in [0.15, 0.2) is 22.7 Å². The molecule has 0 bridgehead atoms. The zero-order valence-corrected chi connectivity index (χ0v) is 10.6. The van der Waals surface area contributed by atoms with Crippen molar-refractivity contribution in [1.82, 2.24) is 0 Å². The lowest BCUT2D eigenvalue weighted by atomic mass is 9.99. The molecule has 0 saturated carbocycles. The number of hydrogen-bond acceptors (Lipinski definition) is 1. The SMILES string of the molecule is CCOc1ccc(C(C)CC)cc1Br. The quantitative estimate of drug-likeness (QED) is 0.778. The minimum absolute atomic E-state index is 0.613. The highest BCUT2D eigenvalue weighted by molar-refractivity contribution is 9.10. The molecule has 0 spiro atoms. The Hall–Kier alpha value is -0.500. The molecule has 0 aliphatic rings. The van der Waals surface area contributed by atoms with Crippen LogP contribution in [0.4, 0.5) is 0 Å². The Morgan fingerprint density at radius 2 is 2.07 bits per heavy atom. The van der Waals surface area contributed by atoms with Crippen molar-refractivity contribution in [1.29, 1.82) is 0 Å². The predicted octanol–water partition coefficient (Wildman–Crippen LogP) is 4.36. The first-order valence-electron chi connectivity index (χ1n) is 5.11. The molecule has 0 N–H and O–H groups in total. The van der Waals surface area contributed by atoms with Crippen LogP contribution in [0, 0.1) is 0 Å². The third-order valence-electron chi connectivity index (χ3n) is 2.44. The number of rotatable bonds is 4. The lowest BCUT2D eigenvalue weighted by molar-refractivity contribution is 0.338. The van der Waals surface area contributed by atoms with E-state index in [0.29, 0.717) is 12.5 Å². The Balaban J connectivity index is 2.88. The second kappa shape index (κ2) is 5.40. The van der Waals surface area contributed by atoms with Crippen molar-refractivity contribution in [3.05, 3.63) is 28.2 Å². The molecule has 0 amide bonds. The Kier molecular flexibility index (Phi) is 4.46. The maximum Gasteiger partial charge on any atom is 0.133 e. The molecule has 1 aromatic carbocycles. The summed E-state index contributed by atoms with van der Waals surface area (Å²) < 4.78 is 6.51. The Bertz CT molecular complexity index is 296. The molecule has 1 nitrogen and oxygen atoms in total. The number of ether oxygens (including phenoxy) is 1. The average molecular weight is 257 g/mol. The molecule has 0 aromatic heterocycles. The topological polar surface area (TPSA) is 9.23 Å². The molecule has 2 heteroatoms. The fourth-order valence-electron chi connectivity index (χ4n) is 1.33. The molecule has 14 heavy (non-hydrogen) atoms. The number of hydrogen-bond donors (Lipinski definition) is 0. The predicted molar refractivity (Wildman–Crippen MR) is 64.0 cm³/mol. The highest BCUT2D eigenvalue weighted by atomic mass is 79.9. The highest BCUT2D eigenvalue weighted by Crippen LogP contribution is 2.29. The molecular formula is C12H17BrO. The summed E-state index contributed by atoms with van der Waals surface area (Å²) >= 11 is 3.52. The minimum Gasteiger partial charge on any atom is -0.493 e. The fourth-order valence-corrected chi connectivity index (χ4v) is 1.84. The van der Waals surface area contributed by atoms with Crippen molar-refractivity contribution in [2.45, 2.75) is 33.1 Å². The van der Waals surface area contributed by atoms with E-state index in [1.165, 1.54) is 12.0 Å². The van der Waals surface area contributed by atoms with Crippen LogP contribution in [-0.2, 0) is 0 Å². The van der Waals surface area contributed by atoms with Gasteiger partial charge >= 0.3 is 0 Å². The number of benzene rings is 1. The van der Waals surface area contributed by atoms with Gasteiger partial charge in [-0.05, 0) is 52.9 Å². The van der Waals surface area contributed by atoms with Gasteiger partial charge in [-0.3, -0.25) is 0 Å². The first-order valence-corrected chi connectivity index (χ1v) is 5.90. The van der Waals surface area contributed by atoms with Gasteiger partial charge in [-0.25, -0.2) is 0 Å². The van der Waals surface area contributed by atoms with Crippen LogP contribution in [0.1, 0.15) is 38.7 Å². The molecule has 0 saturated heterocycles. The molecule has 0 radical (unpaired) electrons. The van der Waals surface area contributed by atoms with Gasteiger partial charge in [0.2, 0.25) is 0 Å². The van der Waals surface area contributed by atoms with Gasteiger partial charge in [-0.2, -0.15) is 0 Å². The zero-order chi connectivity index (χ0) is 10.6. The third kappa shape index (κ3) is 2.74. The largest absolute Gasteiger partial charge is 0.493 e. The molecule has 0 heterocycles. The van der Waals surface area contributed by atoms with Gasteiger partial charge in [-0.15, -0.1) is 0 Å². The second-order valence-corrected chi connectivity index (χ2v) is 4.29. The molecule has 1 atom stereocenters. The van der Waals surface area contributed by atoms with E-state index in [0.717, 1.165) is 10.2 Å². The van der Waals surface area contributed by atoms with Crippen LogP contribution in [0.3, 0.4) is 0 Å². The maximum absolute atomic E-state index is 5.46. The zero-order valence-electron chi connectivity index (χ0n) is 9.01. The fraction of sp³-hybridized carbons (Fsp3) is 0.500. The van der Waals surface area contributed by atoms with Crippen LogP contribution in [0.25, 0.3) is 0 Å². The monoisotopic (exact) mass is 256 g/mol. The van der Waals surface area contributed by atoms with E-state index >= 15 is 0 Å². The Morgan fingerprint density at radius 1 is 1.36 bits per heavy atom. The highest BCUT2D eigenvalue weighted by Gasteiger charge is 2.06. The van der Waals surface area contributed by atoms with Gasteiger partial charge in [0.05, 0.1) is 11.1 Å². The van der Waals surface area contributed by atoms with Crippen LogP contribution in [-0.4, -0.2) is 6.61 Å². The smallest absolute Gasteiger partial charge is 0.133 e. The summed E-state index contributed by atoms with van der Waals surface area (Å²) in [6.45, 7) is 7.15. The summed E-state index contributed by atoms with van der Waals surface area (Å²) in [7, 11) is 0. The third-order valence-corrected chi connectivity index (χ3v) is 3.06. The molecule has 78 valence electrons. The Morgan fingerprint density at radius 3 is 2.57 bits per heavy atom. The summed E-state index contributed by atoms with van der Waals surface area (Å²) in [4.78, 5) is 0. The summed E-state index contributed by atoms with van der Waals surface area (Å²) in [5.41, 5.74) is 1.36. The lowest BCUT2D eigenvalue weighted by Crippen LogP contribution is -1.95. The van der Waals surface area contributed by atoms with Gasteiger partial charge < -0.3 is 4.74 Å². The van der Waals surface area contributed by atoms with Crippen LogP contribution in [0.5, 0.6) is 5.75 Å². The normalized spacial score (nSPS) is 12.6. The molecule has 0 aliphatic carbocycles. The van der Waals surface area contributed by atoms with Crippen molar-refractivity contribution >= 4 is 15.9 Å². The maximum atomic E-state index is 5.46. The van der Waals surface area contributed by atoms with Crippen LogP contribution >= 0.6 is 15.9 Å². The van der Waals surface area contributed by atoms with E-state index in [9.17, 15) is 0 Å². The van der Waals surface area contributed by atoms with Gasteiger partial charge in [0, 0.05) is 0 Å². The summed E-state index contributed by atoms with van der Waals surface area (Å²) in [5.74, 6) is 1.54. The molecular weight excluding hydrogens is 240 g/mol. The molecule has 1 rings (SSSR count). The lowest BCUT2D eigenvalue weighted by Gasteiger charge is -2.11. The molecule has 0 fully saturated rings. The van der Waals surface area contributed by atoms with E-state index in [4.69, 9.17) is 4.74 Å².